The first-order chi connectivity index (χ1) is 9.02. The molecule has 3 heteroatoms. The van der Waals surface area contributed by atoms with Crippen LogP contribution in [0.2, 0.25) is 0 Å². The highest BCUT2D eigenvalue weighted by Crippen LogP contribution is 2.26. The van der Waals surface area contributed by atoms with Crippen molar-refractivity contribution in [3.63, 3.8) is 0 Å². The molecule has 1 aromatic heterocycles. The Morgan fingerprint density at radius 2 is 1.84 bits per heavy atom. The van der Waals surface area contributed by atoms with E-state index in [0.29, 0.717) is 0 Å². The van der Waals surface area contributed by atoms with Gasteiger partial charge < -0.3 is 14.4 Å². The lowest BCUT2D eigenvalue weighted by molar-refractivity contribution is 0.242. The van der Waals surface area contributed by atoms with E-state index in [2.05, 4.69) is 4.57 Å². The van der Waals surface area contributed by atoms with E-state index in [9.17, 15) is 5.11 Å². The summed E-state index contributed by atoms with van der Waals surface area (Å²) in [5.41, 5.74) is 4.30. The molecule has 1 aromatic carbocycles. The van der Waals surface area contributed by atoms with Gasteiger partial charge in [0.2, 0.25) is 0 Å². The molecule has 0 saturated heterocycles. The van der Waals surface area contributed by atoms with Crippen LogP contribution in [0.25, 0.3) is 11.3 Å². The summed E-state index contributed by atoms with van der Waals surface area (Å²) in [7, 11) is 2.02. The monoisotopic (exact) mass is 259 g/mol. The van der Waals surface area contributed by atoms with E-state index in [4.69, 9.17) is 4.74 Å². The van der Waals surface area contributed by atoms with Crippen molar-refractivity contribution >= 4 is 0 Å². The number of ether oxygens (including phenoxy) is 1. The van der Waals surface area contributed by atoms with Crippen molar-refractivity contribution in [2.75, 3.05) is 0 Å². The van der Waals surface area contributed by atoms with Gasteiger partial charge >= 0.3 is 0 Å². The molecular formula is C16H21NO2. The number of rotatable bonds is 4. The second-order valence-corrected chi connectivity index (χ2v) is 5.05. The lowest BCUT2D eigenvalue weighted by atomic mass is 10.1. The Morgan fingerprint density at radius 1 is 1.21 bits per heavy atom. The fourth-order valence-electron chi connectivity index (χ4n) is 2.18. The van der Waals surface area contributed by atoms with Crippen molar-refractivity contribution in [2.24, 2.45) is 7.05 Å². The maximum Gasteiger partial charge on any atom is 0.119 e. The molecule has 0 amide bonds. The van der Waals surface area contributed by atoms with Crippen molar-refractivity contribution in [1.82, 2.24) is 4.57 Å². The Kier molecular flexibility index (Phi) is 3.96. The average Bonchev–Trinajstić information content (AvgIpc) is 2.66. The molecule has 0 saturated carbocycles. The van der Waals surface area contributed by atoms with Gasteiger partial charge in [-0.05, 0) is 62.2 Å². The summed E-state index contributed by atoms with van der Waals surface area (Å²) in [5.74, 6) is 0.882. The second-order valence-electron chi connectivity index (χ2n) is 5.05. The summed E-state index contributed by atoms with van der Waals surface area (Å²) < 4.78 is 7.74. The Balaban J connectivity index is 2.32. The average molecular weight is 259 g/mol. The van der Waals surface area contributed by atoms with E-state index in [0.717, 1.165) is 28.3 Å². The quantitative estimate of drug-likeness (QED) is 0.914. The van der Waals surface area contributed by atoms with Crippen LogP contribution in [-0.4, -0.2) is 15.8 Å². The van der Waals surface area contributed by atoms with E-state index in [1.54, 1.807) is 0 Å². The highest BCUT2D eigenvalue weighted by Gasteiger charge is 2.10. The van der Waals surface area contributed by atoms with E-state index >= 15 is 0 Å². The molecule has 0 spiro atoms. The molecule has 0 aliphatic heterocycles. The van der Waals surface area contributed by atoms with Gasteiger partial charge in [0.25, 0.3) is 0 Å². The number of aliphatic hydroxyl groups excluding tert-OH is 1. The zero-order valence-corrected chi connectivity index (χ0v) is 12.0. The Bertz CT molecular complexity index is 553. The zero-order valence-electron chi connectivity index (χ0n) is 12.0. The van der Waals surface area contributed by atoms with Crippen LogP contribution in [-0.2, 0) is 13.7 Å². The highest BCUT2D eigenvalue weighted by atomic mass is 16.5. The van der Waals surface area contributed by atoms with Gasteiger partial charge in [-0.15, -0.1) is 0 Å². The molecule has 3 nitrogen and oxygen atoms in total. The number of hydrogen-bond donors (Lipinski definition) is 1. The van der Waals surface area contributed by atoms with Gasteiger partial charge in [0.05, 0.1) is 12.7 Å². The molecule has 102 valence electrons. The number of benzene rings is 1. The maximum atomic E-state index is 9.31. The lowest BCUT2D eigenvalue weighted by Gasteiger charge is -2.10. The maximum absolute atomic E-state index is 9.31. The molecule has 0 fully saturated rings. The van der Waals surface area contributed by atoms with Crippen molar-refractivity contribution in [3.05, 3.63) is 41.6 Å². The van der Waals surface area contributed by atoms with E-state index in [1.165, 1.54) is 0 Å². The Morgan fingerprint density at radius 3 is 2.32 bits per heavy atom. The summed E-state index contributed by atoms with van der Waals surface area (Å²) in [6.07, 6.45) is 0.184. The molecular weight excluding hydrogens is 238 g/mol. The molecule has 0 aliphatic rings. The second kappa shape index (κ2) is 5.49. The van der Waals surface area contributed by atoms with Crippen LogP contribution in [0.5, 0.6) is 5.75 Å². The first kappa shape index (κ1) is 13.7. The minimum atomic E-state index is 0.0776. The fraction of sp³-hybridized carbons (Fsp3) is 0.375. The van der Waals surface area contributed by atoms with Gasteiger partial charge in [0.15, 0.2) is 0 Å². The third kappa shape index (κ3) is 2.82. The van der Waals surface area contributed by atoms with Gasteiger partial charge in [-0.3, -0.25) is 0 Å². The lowest BCUT2D eigenvalue weighted by Crippen LogP contribution is -2.05. The normalized spacial score (nSPS) is 11.1. The van der Waals surface area contributed by atoms with E-state index in [-0.39, 0.29) is 12.7 Å². The third-order valence-corrected chi connectivity index (χ3v) is 3.33. The fourth-order valence-corrected chi connectivity index (χ4v) is 2.18. The highest BCUT2D eigenvalue weighted by molar-refractivity contribution is 5.63. The van der Waals surface area contributed by atoms with Crippen LogP contribution in [0.1, 0.15) is 25.1 Å². The summed E-state index contributed by atoms with van der Waals surface area (Å²) in [4.78, 5) is 0. The smallest absolute Gasteiger partial charge is 0.119 e. The van der Waals surface area contributed by atoms with Crippen LogP contribution in [0.15, 0.2) is 30.3 Å². The molecule has 0 unspecified atom stereocenters. The molecule has 2 aromatic rings. The van der Waals surface area contributed by atoms with Crippen molar-refractivity contribution < 1.29 is 9.84 Å². The molecule has 1 heterocycles. The number of nitrogens with zero attached hydrogens (tertiary/aromatic N) is 1. The van der Waals surface area contributed by atoms with Gasteiger partial charge in [0.1, 0.15) is 5.75 Å². The third-order valence-electron chi connectivity index (χ3n) is 3.33. The number of aromatic nitrogens is 1. The Hall–Kier alpha value is -1.74. The van der Waals surface area contributed by atoms with Crippen LogP contribution < -0.4 is 4.74 Å². The van der Waals surface area contributed by atoms with Crippen LogP contribution in [0, 0.1) is 6.92 Å². The minimum absolute atomic E-state index is 0.0776. The van der Waals surface area contributed by atoms with Gasteiger partial charge in [-0.1, -0.05) is 0 Å². The minimum Gasteiger partial charge on any atom is -0.491 e. The first-order valence-electron chi connectivity index (χ1n) is 6.56. The molecule has 0 radical (unpaired) electrons. The molecule has 0 aliphatic carbocycles. The van der Waals surface area contributed by atoms with E-state index < -0.39 is 0 Å². The summed E-state index contributed by atoms with van der Waals surface area (Å²) >= 11 is 0. The van der Waals surface area contributed by atoms with Gasteiger partial charge in [-0.25, -0.2) is 0 Å². The predicted octanol–water partition coefficient (Wildman–Crippen LogP) is 3.28. The summed E-state index contributed by atoms with van der Waals surface area (Å²) in [5, 5.41) is 9.31. The SMILES string of the molecule is Cc1c(CO)cc(-c2ccc(OC(C)C)cc2)n1C. The zero-order chi connectivity index (χ0) is 14.0. The standard InChI is InChI=1S/C16H21NO2/c1-11(2)19-15-7-5-13(6-8-15)16-9-14(10-18)12(3)17(16)4/h5-9,11,18H,10H2,1-4H3. The summed E-state index contributed by atoms with van der Waals surface area (Å²) in [6.45, 7) is 6.13. The molecule has 2 rings (SSSR count). The number of aliphatic hydroxyl groups is 1. The largest absolute Gasteiger partial charge is 0.491 e. The van der Waals surface area contributed by atoms with Crippen molar-refractivity contribution in [1.29, 1.82) is 0 Å². The van der Waals surface area contributed by atoms with Gasteiger partial charge in [0, 0.05) is 18.4 Å². The Labute approximate surface area is 114 Å². The summed E-state index contributed by atoms with van der Waals surface area (Å²) in [6, 6.07) is 10.1. The first-order valence-corrected chi connectivity index (χ1v) is 6.56. The number of hydrogen-bond acceptors (Lipinski definition) is 2. The van der Waals surface area contributed by atoms with Crippen molar-refractivity contribution in [3.8, 4) is 17.0 Å². The molecule has 19 heavy (non-hydrogen) atoms. The molecule has 0 bridgehead atoms. The van der Waals surface area contributed by atoms with Gasteiger partial charge in [-0.2, -0.15) is 0 Å². The molecule has 0 atom stereocenters. The molecule has 1 N–H and O–H groups in total. The topological polar surface area (TPSA) is 34.4 Å². The van der Waals surface area contributed by atoms with E-state index in [1.807, 2.05) is 58.2 Å². The predicted molar refractivity (Wildman–Crippen MR) is 77.3 cm³/mol. The van der Waals surface area contributed by atoms with Crippen LogP contribution in [0.4, 0.5) is 0 Å². The van der Waals surface area contributed by atoms with Crippen LogP contribution >= 0.6 is 0 Å². The van der Waals surface area contributed by atoms with Crippen molar-refractivity contribution in [2.45, 2.75) is 33.5 Å². The van der Waals surface area contributed by atoms with Crippen LogP contribution in [0.3, 0.4) is 0 Å².